The number of likely N-dealkylation sites (tertiary alicyclic amines) is 2. The van der Waals surface area contributed by atoms with Crippen molar-refractivity contribution in [2.24, 2.45) is 5.41 Å². The monoisotopic (exact) mass is 384 g/mol. The van der Waals surface area contributed by atoms with E-state index in [2.05, 4.69) is 27.2 Å². The fourth-order valence-electron chi connectivity index (χ4n) is 4.29. The molecule has 0 bridgehead atoms. The highest BCUT2D eigenvalue weighted by molar-refractivity contribution is 5.79. The number of rotatable bonds is 7. The fourth-order valence-corrected chi connectivity index (χ4v) is 4.29. The molecule has 2 aliphatic rings. The number of amides is 1. The summed E-state index contributed by atoms with van der Waals surface area (Å²) in [6.07, 6.45) is 3.42. The molecule has 0 N–H and O–H groups in total. The van der Waals surface area contributed by atoms with E-state index in [0.29, 0.717) is 37.7 Å². The van der Waals surface area contributed by atoms with Gasteiger partial charge in [0.05, 0.1) is 13.2 Å². The number of methoxy groups -OCH3 is 1. The summed E-state index contributed by atoms with van der Waals surface area (Å²) in [6, 6.07) is 10.2. The van der Waals surface area contributed by atoms with Crippen molar-refractivity contribution in [3.8, 4) is 0 Å². The second-order valence-corrected chi connectivity index (χ2v) is 8.04. The molecule has 28 heavy (non-hydrogen) atoms. The van der Waals surface area contributed by atoms with Gasteiger partial charge in [-0.05, 0) is 36.9 Å². The first kappa shape index (κ1) is 19.1. The van der Waals surface area contributed by atoms with Gasteiger partial charge in [-0.15, -0.1) is 0 Å². The van der Waals surface area contributed by atoms with E-state index in [1.54, 1.807) is 7.11 Å². The molecule has 2 fully saturated rings. The van der Waals surface area contributed by atoms with Crippen molar-refractivity contribution < 1.29 is 14.1 Å². The number of carbonyl (C=O) groups is 1. The number of hydrogen-bond donors (Lipinski definition) is 0. The number of nitrogens with zero attached hydrogens (tertiary/aromatic N) is 4. The smallest absolute Gasteiger partial charge is 0.240 e. The largest absolute Gasteiger partial charge is 0.384 e. The number of benzene rings is 1. The van der Waals surface area contributed by atoms with Crippen LogP contribution in [-0.2, 0) is 29.0 Å². The van der Waals surface area contributed by atoms with E-state index in [9.17, 15) is 4.79 Å². The molecular weight excluding hydrogens is 356 g/mol. The molecule has 0 aliphatic carbocycles. The van der Waals surface area contributed by atoms with Gasteiger partial charge >= 0.3 is 0 Å². The third-order valence-electron chi connectivity index (χ3n) is 5.94. The van der Waals surface area contributed by atoms with Crippen LogP contribution in [0.15, 0.2) is 34.9 Å². The van der Waals surface area contributed by atoms with Gasteiger partial charge in [-0.25, -0.2) is 0 Å². The molecule has 0 radical (unpaired) electrons. The van der Waals surface area contributed by atoms with Crippen molar-refractivity contribution in [1.29, 1.82) is 0 Å². The third kappa shape index (κ3) is 4.42. The van der Waals surface area contributed by atoms with Crippen molar-refractivity contribution in [2.45, 2.75) is 38.8 Å². The maximum atomic E-state index is 12.6. The van der Waals surface area contributed by atoms with Gasteiger partial charge in [-0.3, -0.25) is 9.69 Å². The number of carbonyl (C=O) groups excluding carboxylic acids is 1. The number of piperidine rings is 1. The van der Waals surface area contributed by atoms with Crippen LogP contribution in [0.1, 0.15) is 36.5 Å². The topological polar surface area (TPSA) is 71.7 Å². The van der Waals surface area contributed by atoms with Crippen LogP contribution in [0.3, 0.4) is 0 Å². The van der Waals surface area contributed by atoms with Gasteiger partial charge in [0.2, 0.25) is 11.8 Å². The Kier molecular flexibility index (Phi) is 5.73. The molecule has 1 amide bonds. The standard InChI is InChI=1S/C21H28N4O3/c1-27-12-7-18-22-19(28-23-18)15-24-10-8-21(9-11-24)13-20(26)25(16-21)14-17-5-3-2-4-6-17/h2-6H,7-16H2,1H3. The minimum absolute atomic E-state index is 0.126. The Hall–Kier alpha value is -2.25. The van der Waals surface area contributed by atoms with Gasteiger partial charge in [0, 0.05) is 33.0 Å². The fraction of sp³-hybridized carbons (Fsp3) is 0.571. The summed E-state index contributed by atoms with van der Waals surface area (Å²) in [6.45, 7) is 4.79. The van der Waals surface area contributed by atoms with Crippen molar-refractivity contribution in [3.63, 3.8) is 0 Å². The average Bonchev–Trinajstić information content (AvgIpc) is 3.27. The van der Waals surface area contributed by atoms with Crippen LogP contribution in [0.2, 0.25) is 0 Å². The van der Waals surface area contributed by atoms with E-state index < -0.39 is 0 Å². The summed E-state index contributed by atoms with van der Waals surface area (Å²) in [7, 11) is 1.67. The molecule has 1 spiro atoms. The summed E-state index contributed by atoms with van der Waals surface area (Å²) < 4.78 is 10.4. The zero-order valence-electron chi connectivity index (χ0n) is 16.5. The molecule has 0 atom stereocenters. The molecule has 2 saturated heterocycles. The molecule has 1 aromatic heterocycles. The first-order valence-electron chi connectivity index (χ1n) is 10.0. The summed E-state index contributed by atoms with van der Waals surface area (Å²) in [5, 5.41) is 4.01. The summed E-state index contributed by atoms with van der Waals surface area (Å²) in [5.41, 5.74) is 1.33. The van der Waals surface area contributed by atoms with Gasteiger partial charge in [0.1, 0.15) is 0 Å². The van der Waals surface area contributed by atoms with Crippen molar-refractivity contribution in [3.05, 3.63) is 47.6 Å². The van der Waals surface area contributed by atoms with E-state index in [4.69, 9.17) is 9.26 Å². The highest BCUT2D eigenvalue weighted by atomic mass is 16.5. The highest BCUT2D eigenvalue weighted by Crippen LogP contribution is 2.41. The van der Waals surface area contributed by atoms with E-state index in [0.717, 1.165) is 39.0 Å². The first-order chi connectivity index (χ1) is 13.7. The predicted molar refractivity (Wildman–Crippen MR) is 103 cm³/mol. The van der Waals surface area contributed by atoms with Crippen LogP contribution in [0.4, 0.5) is 0 Å². The molecule has 3 heterocycles. The lowest BCUT2D eigenvalue weighted by Crippen LogP contribution is -2.41. The normalized spacial score (nSPS) is 19.6. The quantitative estimate of drug-likeness (QED) is 0.729. The molecule has 2 aliphatic heterocycles. The van der Waals surface area contributed by atoms with Crippen LogP contribution >= 0.6 is 0 Å². The third-order valence-corrected chi connectivity index (χ3v) is 5.94. The molecule has 1 aromatic carbocycles. The maximum absolute atomic E-state index is 12.6. The second-order valence-electron chi connectivity index (χ2n) is 8.04. The van der Waals surface area contributed by atoms with Gasteiger partial charge < -0.3 is 14.2 Å². The minimum Gasteiger partial charge on any atom is -0.384 e. The molecule has 7 nitrogen and oxygen atoms in total. The zero-order valence-corrected chi connectivity index (χ0v) is 16.5. The number of hydrogen-bond acceptors (Lipinski definition) is 6. The molecule has 0 saturated carbocycles. The molecule has 2 aromatic rings. The Morgan fingerprint density at radius 2 is 1.96 bits per heavy atom. The van der Waals surface area contributed by atoms with Crippen molar-refractivity contribution in [1.82, 2.24) is 19.9 Å². The Balaban J connectivity index is 1.29. The Labute approximate surface area is 165 Å². The lowest BCUT2D eigenvalue weighted by atomic mass is 9.77. The van der Waals surface area contributed by atoms with Gasteiger partial charge in [0.15, 0.2) is 5.82 Å². The van der Waals surface area contributed by atoms with E-state index in [1.807, 2.05) is 23.1 Å². The maximum Gasteiger partial charge on any atom is 0.240 e. The lowest BCUT2D eigenvalue weighted by Gasteiger charge is -2.38. The number of ether oxygens (including phenoxy) is 1. The Morgan fingerprint density at radius 3 is 2.71 bits per heavy atom. The van der Waals surface area contributed by atoms with Crippen LogP contribution < -0.4 is 0 Å². The molecule has 150 valence electrons. The molecular formula is C21H28N4O3. The average molecular weight is 384 g/mol. The molecule has 7 heteroatoms. The minimum atomic E-state index is 0.126. The first-order valence-corrected chi connectivity index (χ1v) is 10.0. The van der Waals surface area contributed by atoms with E-state index >= 15 is 0 Å². The Bertz CT molecular complexity index is 784. The van der Waals surface area contributed by atoms with Crippen molar-refractivity contribution >= 4 is 5.91 Å². The van der Waals surface area contributed by atoms with Gasteiger partial charge in [-0.2, -0.15) is 4.98 Å². The van der Waals surface area contributed by atoms with Crippen LogP contribution in [0.5, 0.6) is 0 Å². The number of aromatic nitrogens is 2. The van der Waals surface area contributed by atoms with Crippen LogP contribution in [0, 0.1) is 5.41 Å². The zero-order chi connectivity index (χ0) is 19.4. The lowest BCUT2D eigenvalue weighted by molar-refractivity contribution is -0.128. The van der Waals surface area contributed by atoms with Crippen LogP contribution in [0.25, 0.3) is 0 Å². The summed E-state index contributed by atoms with van der Waals surface area (Å²) in [4.78, 5) is 21.4. The van der Waals surface area contributed by atoms with Crippen LogP contribution in [-0.4, -0.2) is 59.2 Å². The van der Waals surface area contributed by atoms with E-state index in [-0.39, 0.29) is 11.3 Å². The van der Waals surface area contributed by atoms with E-state index in [1.165, 1.54) is 5.56 Å². The summed E-state index contributed by atoms with van der Waals surface area (Å²) >= 11 is 0. The second kappa shape index (κ2) is 8.41. The Morgan fingerprint density at radius 1 is 1.18 bits per heavy atom. The summed E-state index contributed by atoms with van der Waals surface area (Å²) in [5.74, 6) is 1.65. The predicted octanol–water partition coefficient (Wildman–Crippen LogP) is 2.27. The SMILES string of the molecule is COCCc1noc(CN2CCC3(CC2)CC(=O)N(Cc2ccccc2)C3)n1. The molecule has 4 rings (SSSR count). The molecule has 0 unspecified atom stereocenters. The van der Waals surface area contributed by atoms with Crippen molar-refractivity contribution in [2.75, 3.05) is 33.4 Å². The van der Waals surface area contributed by atoms with Gasteiger partial charge in [0.25, 0.3) is 0 Å². The van der Waals surface area contributed by atoms with Gasteiger partial charge in [-0.1, -0.05) is 35.5 Å². The highest BCUT2D eigenvalue weighted by Gasteiger charge is 2.44.